The Balaban J connectivity index is 1.26. The Morgan fingerprint density at radius 3 is 2.77 bits per heavy atom. The van der Waals surface area contributed by atoms with E-state index in [1.54, 1.807) is 11.3 Å². The maximum absolute atomic E-state index is 6.20. The van der Waals surface area contributed by atoms with Crippen molar-refractivity contribution >= 4 is 43.8 Å². The number of hydrazone groups is 1. The third kappa shape index (κ3) is 5.23. The monoisotopic (exact) mass is 482 g/mol. The van der Waals surface area contributed by atoms with Gasteiger partial charge in [-0.2, -0.15) is 5.10 Å². The van der Waals surface area contributed by atoms with Gasteiger partial charge in [0.25, 0.3) is 0 Å². The Labute approximate surface area is 210 Å². The van der Waals surface area contributed by atoms with Crippen LogP contribution in [0.1, 0.15) is 42.9 Å². The zero-order valence-electron chi connectivity index (χ0n) is 20.4. The van der Waals surface area contributed by atoms with Crippen LogP contribution in [0.4, 0.5) is 5.13 Å². The Hall–Kier alpha value is -3.64. The lowest BCUT2D eigenvalue weighted by Gasteiger charge is -2.15. The van der Waals surface area contributed by atoms with Crippen molar-refractivity contribution in [1.82, 2.24) is 9.55 Å². The second-order valence-corrected chi connectivity index (χ2v) is 10.1. The van der Waals surface area contributed by atoms with Gasteiger partial charge in [0.1, 0.15) is 5.75 Å². The van der Waals surface area contributed by atoms with Gasteiger partial charge in [0.05, 0.1) is 23.0 Å². The van der Waals surface area contributed by atoms with Gasteiger partial charge >= 0.3 is 0 Å². The van der Waals surface area contributed by atoms with Gasteiger partial charge in [-0.15, -0.1) is 0 Å². The molecule has 0 aliphatic rings. The summed E-state index contributed by atoms with van der Waals surface area (Å²) in [6.45, 7) is 8.08. The summed E-state index contributed by atoms with van der Waals surface area (Å²) in [5.41, 5.74) is 8.85. The number of hydrogen-bond acceptors (Lipinski definition) is 5. The van der Waals surface area contributed by atoms with Crippen LogP contribution in [0, 0.1) is 6.92 Å². The number of para-hydroxylation sites is 2. The van der Waals surface area contributed by atoms with Crippen LogP contribution in [0.2, 0.25) is 0 Å². The number of ether oxygens (including phenoxy) is 1. The molecule has 2 heterocycles. The molecule has 0 aliphatic heterocycles. The molecule has 0 aliphatic carbocycles. The quantitative estimate of drug-likeness (QED) is 0.134. The van der Waals surface area contributed by atoms with E-state index in [1.807, 2.05) is 24.4 Å². The van der Waals surface area contributed by atoms with Crippen LogP contribution < -0.4 is 10.2 Å². The number of nitrogens with zero attached hydrogens (tertiary/aromatic N) is 3. The van der Waals surface area contributed by atoms with Crippen LogP contribution in [-0.2, 0) is 6.54 Å². The van der Waals surface area contributed by atoms with E-state index in [1.165, 1.54) is 22.0 Å². The number of rotatable bonds is 9. The minimum absolute atomic E-state index is 0.442. The molecule has 5 aromatic rings. The highest BCUT2D eigenvalue weighted by molar-refractivity contribution is 7.22. The van der Waals surface area contributed by atoms with E-state index in [2.05, 4.69) is 95.6 Å². The molecule has 0 saturated heterocycles. The largest absolute Gasteiger partial charge is 0.493 e. The Bertz CT molecular complexity index is 1450. The highest BCUT2D eigenvalue weighted by Gasteiger charge is 2.10. The fraction of sp³-hybridized carbons (Fsp3) is 0.241. The zero-order valence-corrected chi connectivity index (χ0v) is 21.2. The summed E-state index contributed by atoms with van der Waals surface area (Å²) in [5, 5.41) is 6.45. The van der Waals surface area contributed by atoms with E-state index in [4.69, 9.17) is 4.74 Å². The first-order chi connectivity index (χ1) is 17.1. The van der Waals surface area contributed by atoms with E-state index in [0.29, 0.717) is 12.5 Å². The highest BCUT2D eigenvalue weighted by atomic mass is 32.1. The standard InChI is InChI=1S/C29H30N4OS/c1-20(2)23-14-13-21(3)17-27(23)34-16-8-15-33-19-22(24-9-4-6-11-26(24)33)18-30-32-29-31-25-10-5-7-12-28(25)35-29/h4-7,9-14,17-20H,8,15-16H2,1-3H3,(H,31,32)/b30-18+. The summed E-state index contributed by atoms with van der Waals surface area (Å²) in [5.74, 6) is 1.45. The summed E-state index contributed by atoms with van der Waals surface area (Å²) in [6.07, 6.45) is 4.97. The number of fused-ring (bicyclic) bond motifs is 2. The number of aromatic nitrogens is 2. The molecule has 0 fully saturated rings. The van der Waals surface area contributed by atoms with Gasteiger partial charge in [-0.25, -0.2) is 4.98 Å². The van der Waals surface area contributed by atoms with E-state index in [9.17, 15) is 0 Å². The van der Waals surface area contributed by atoms with Crippen LogP contribution in [-0.4, -0.2) is 22.4 Å². The molecule has 0 saturated carbocycles. The van der Waals surface area contributed by atoms with Crippen LogP contribution in [0.3, 0.4) is 0 Å². The summed E-state index contributed by atoms with van der Waals surface area (Å²) in [6, 6.07) is 23.0. The van der Waals surface area contributed by atoms with Crippen molar-refractivity contribution in [3.63, 3.8) is 0 Å². The molecular weight excluding hydrogens is 452 g/mol. The number of aryl methyl sites for hydroxylation is 2. The summed E-state index contributed by atoms with van der Waals surface area (Å²) in [4.78, 5) is 4.58. The lowest BCUT2D eigenvalue weighted by Crippen LogP contribution is -2.06. The first-order valence-electron chi connectivity index (χ1n) is 12.0. The van der Waals surface area contributed by atoms with Gasteiger partial charge in [0, 0.05) is 29.2 Å². The van der Waals surface area contributed by atoms with Crippen LogP contribution in [0.5, 0.6) is 5.75 Å². The Kier molecular flexibility index (Phi) is 6.82. The van der Waals surface area contributed by atoms with Crippen molar-refractivity contribution < 1.29 is 4.74 Å². The molecule has 6 heteroatoms. The average Bonchev–Trinajstić information content (AvgIpc) is 3.43. The van der Waals surface area contributed by atoms with Crippen LogP contribution in [0.15, 0.2) is 78.0 Å². The third-order valence-corrected chi connectivity index (χ3v) is 7.01. The second-order valence-electron chi connectivity index (χ2n) is 9.05. The zero-order chi connectivity index (χ0) is 24.2. The Morgan fingerprint density at radius 1 is 1.09 bits per heavy atom. The van der Waals surface area contributed by atoms with E-state index in [0.717, 1.165) is 39.6 Å². The fourth-order valence-corrected chi connectivity index (χ4v) is 5.12. The second kappa shape index (κ2) is 10.3. The van der Waals surface area contributed by atoms with Crippen molar-refractivity contribution in [3.8, 4) is 5.75 Å². The maximum Gasteiger partial charge on any atom is 0.204 e. The Morgan fingerprint density at radius 2 is 1.91 bits per heavy atom. The molecule has 0 bridgehead atoms. The first-order valence-corrected chi connectivity index (χ1v) is 12.9. The molecule has 0 spiro atoms. The minimum atomic E-state index is 0.442. The molecule has 5 rings (SSSR count). The summed E-state index contributed by atoms with van der Waals surface area (Å²) < 4.78 is 9.64. The molecule has 0 unspecified atom stereocenters. The van der Waals surface area contributed by atoms with Gasteiger partial charge in [-0.1, -0.05) is 67.6 Å². The average molecular weight is 483 g/mol. The predicted octanol–water partition coefficient (Wildman–Crippen LogP) is 7.60. The number of hydrogen-bond donors (Lipinski definition) is 1. The molecule has 0 radical (unpaired) electrons. The number of nitrogens with one attached hydrogen (secondary N) is 1. The maximum atomic E-state index is 6.20. The summed E-state index contributed by atoms with van der Waals surface area (Å²) in [7, 11) is 0. The van der Waals surface area contributed by atoms with Crippen molar-refractivity contribution in [2.75, 3.05) is 12.0 Å². The highest BCUT2D eigenvalue weighted by Crippen LogP contribution is 2.28. The SMILES string of the molecule is Cc1ccc(C(C)C)c(OCCCn2cc(/C=N/Nc3nc4ccccc4s3)c3ccccc32)c1. The first kappa shape index (κ1) is 23.1. The molecule has 0 amide bonds. The van der Waals surface area contributed by atoms with E-state index >= 15 is 0 Å². The minimum Gasteiger partial charge on any atom is -0.493 e. The van der Waals surface area contributed by atoms with Crippen molar-refractivity contribution in [1.29, 1.82) is 0 Å². The van der Waals surface area contributed by atoms with Crippen molar-refractivity contribution in [2.45, 2.75) is 39.7 Å². The van der Waals surface area contributed by atoms with Crippen LogP contribution in [0.25, 0.3) is 21.1 Å². The fourth-order valence-electron chi connectivity index (χ4n) is 4.30. The molecule has 0 atom stereocenters. The lowest BCUT2D eigenvalue weighted by atomic mass is 10.0. The van der Waals surface area contributed by atoms with Crippen molar-refractivity contribution in [2.24, 2.45) is 5.10 Å². The molecule has 35 heavy (non-hydrogen) atoms. The topological polar surface area (TPSA) is 51.4 Å². The predicted molar refractivity (Wildman–Crippen MR) is 148 cm³/mol. The molecular formula is C29H30N4OS. The molecule has 3 aromatic carbocycles. The van der Waals surface area contributed by atoms with Gasteiger partial charge in [-0.05, 0) is 54.7 Å². The molecule has 1 N–H and O–H groups in total. The molecule has 5 nitrogen and oxygen atoms in total. The molecule has 2 aromatic heterocycles. The normalized spacial score (nSPS) is 11.8. The van der Waals surface area contributed by atoms with Gasteiger partial charge < -0.3 is 9.30 Å². The lowest BCUT2D eigenvalue weighted by molar-refractivity contribution is 0.298. The van der Waals surface area contributed by atoms with Crippen molar-refractivity contribution in [3.05, 3.63) is 89.6 Å². The van der Waals surface area contributed by atoms with Gasteiger partial charge in [-0.3, -0.25) is 5.43 Å². The number of benzene rings is 3. The van der Waals surface area contributed by atoms with Gasteiger partial charge in [0.2, 0.25) is 5.13 Å². The summed E-state index contributed by atoms with van der Waals surface area (Å²) >= 11 is 1.60. The van der Waals surface area contributed by atoms with E-state index in [-0.39, 0.29) is 0 Å². The number of thiazole rings is 1. The smallest absolute Gasteiger partial charge is 0.204 e. The number of anilines is 1. The van der Waals surface area contributed by atoms with Gasteiger partial charge in [0.15, 0.2) is 0 Å². The van der Waals surface area contributed by atoms with Crippen LogP contribution >= 0.6 is 11.3 Å². The third-order valence-electron chi connectivity index (χ3n) is 6.07. The van der Waals surface area contributed by atoms with E-state index < -0.39 is 0 Å². The molecule has 178 valence electrons.